The van der Waals surface area contributed by atoms with Crippen LogP contribution in [0.15, 0.2) is 24.5 Å². The lowest BCUT2D eigenvalue weighted by Gasteiger charge is -2.20. The number of hydrogen-bond acceptors (Lipinski definition) is 3. The molecule has 1 aromatic heterocycles. The number of hydrogen-bond donors (Lipinski definition) is 1. The van der Waals surface area contributed by atoms with Gasteiger partial charge >= 0.3 is 5.97 Å². The normalized spacial score (nSPS) is 14.2. The molecule has 1 saturated carbocycles. The number of carbonyl (C=O) groups excluding carboxylic acids is 1. The molecule has 0 atom stereocenters. The van der Waals surface area contributed by atoms with Crippen LogP contribution >= 0.6 is 0 Å². The summed E-state index contributed by atoms with van der Waals surface area (Å²) >= 11 is 0. The second-order valence-electron chi connectivity index (χ2n) is 4.51. The molecule has 2 rings (SSSR count). The molecule has 1 aromatic rings. The quantitative estimate of drug-likeness (QED) is 0.818. The molecule has 0 saturated heterocycles. The second kappa shape index (κ2) is 5.62. The van der Waals surface area contributed by atoms with E-state index < -0.39 is 5.97 Å². The van der Waals surface area contributed by atoms with Crippen LogP contribution in [0.3, 0.4) is 0 Å². The molecule has 18 heavy (non-hydrogen) atoms. The lowest BCUT2D eigenvalue weighted by Crippen LogP contribution is -2.37. The fourth-order valence-corrected chi connectivity index (χ4v) is 1.89. The van der Waals surface area contributed by atoms with Crippen molar-refractivity contribution in [2.45, 2.75) is 31.7 Å². The van der Waals surface area contributed by atoms with Gasteiger partial charge in [-0.05, 0) is 30.9 Å². The molecule has 5 nitrogen and oxygen atoms in total. The van der Waals surface area contributed by atoms with Crippen LogP contribution in [0.5, 0.6) is 0 Å². The summed E-state index contributed by atoms with van der Waals surface area (Å²) in [6, 6.07) is 3.89. The van der Waals surface area contributed by atoms with Crippen molar-refractivity contribution >= 4 is 11.9 Å². The molecule has 0 aromatic carbocycles. The van der Waals surface area contributed by atoms with Gasteiger partial charge in [0.2, 0.25) is 5.91 Å². The highest BCUT2D eigenvalue weighted by molar-refractivity contribution is 5.82. The monoisotopic (exact) mass is 248 g/mol. The molecule has 1 fully saturated rings. The van der Waals surface area contributed by atoms with E-state index in [2.05, 4.69) is 4.98 Å². The molecule has 0 spiro atoms. The third-order valence-electron chi connectivity index (χ3n) is 2.96. The van der Waals surface area contributed by atoms with Crippen molar-refractivity contribution in [3.8, 4) is 0 Å². The minimum atomic E-state index is -0.948. The van der Waals surface area contributed by atoms with Gasteiger partial charge in [0.15, 0.2) is 0 Å². The van der Waals surface area contributed by atoms with Crippen molar-refractivity contribution in [2.24, 2.45) is 0 Å². The summed E-state index contributed by atoms with van der Waals surface area (Å²) in [5.74, 6) is -1.03. The number of amides is 1. The molecular formula is C13H16N2O3. The highest BCUT2D eigenvalue weighted by atomic mass is 16.4. The first-order chi connectivity index (χ1) is 8.66. The van der Waals surface area contributed by atoms with Crippen molar-refractivity contribution in [1.82, 2.24) is 9.88 Å². The third-order valence-corrected chi connectivity index (χ3v) is 2.96. The van der Waals surface area contributed by atoms with Gasteiger partial charge < -0.3 is 10.0 Å². The van der Waals surface area contributed by atoms with Crippen molar-refractivity contribution < 1.29 is 14.7 Å². The van der Waals surface area contributed by atoms with Crippen LogP contribution in [0.4, 0.5) is 0 Å². The predicted octanol–water partition coefficient (Wildman–Crippen LogP) is 1.09. The fraction of sp³-hybridized carbons (Fsp3) is 0.462. The molecule has 0 unspecified atom stereocenters. The van der Waals surface area contributed by atoms with E-state index in [0.29, 0.717) is 12.8 Å². The minimum absolute atomic E-state index is 0.0799. The zero-order valence-electron chi connectivity index (χ0n) is 10.1. The Morgan fingerprint density at radius 2 is 2.22 bits per heavy atom. The van der Waals surface area contributed by atoms with E-state index in [4.69, 9.17) is 5.11 Å². The van der Waals surface area contributed by atoms with Crippen LogP contribution in [-0.4, -0.2) is 39.5 Å². The van der Waals surface area contributed by atoms with E-state index in [1.807, 2.05) is 12.1 Å². The summed E-state index contributed by atoms with van der Waals surface area (Å²) < 4.78 is 0. The third kappa shape index (κ3) is 3.55. The minimum Gasteiger partial charge on any atom is -0.480 e. The molecule has 0 radical (unpaired) electrons. The first-order valence-corrected chi connectivity index (χ1v) is 6.07. The Bertz CT molecular complexity index is 429. The molecule has 0 bridgehead atoms. The highest BCUT2D eigenvalue weighted by Crippen LogP contribution is 2.27. The lowest BCUT2D eigenvalue weighted by atomic mass is 10.1. The van der Waals surface area contributed by atoms with E-state index in [1.165, 1.54) is 4.90 Å². The standard InChI is InChI=1S/C13H16N2O3/c16-12(6-3-10-2-1-7-14-8-10)15(9-13(17)18)11-4-5-11/h1-2,7-8,11H,3-6,9H2,(H,17,18). The summed E-state index contributed by atoms with van der Waals surface area (Å²) in [5.41, 5.74) is 0.997. The van der Waals surface area contributed by atoms with Crippen LogP contribution in [0.1, 0.15) is 24.8 Å². The van der Waals surface area contributed by atoms with E-state index in [9.17, 15) is 9.59 Å². The Labute approximate surface area is 105 Å². The van der Waals surface area contributed by atoms with Crippen LogP contribution in [0, 0.1) is 0 Å². The Kier molecular flexibility index (Phi) is 3.92. The molecule has 0 aliphatic heterocycles. The summed E-state index contributed by atoms with van der Waals surface area (Å²) in [4.78, 5) is 28.2. The molecule has 1 aliphatic rings. The van der Waals surface area contributed by atoms with Crippen molar-refractivity contribution in [3.63, 3.8) is 0 Å². The van der Waals surface area contributed by atoms with Gasteiger partial charge in [0.25, 0.3) is 0 Å². The second-order valence-corrected chi connectivity index (χ2v) is 4.51. The molecular weight excluding hydrogens is 232 g/mol. The van der Waals surface area contributed by atoms with Gasteiger partial charge in [-0.1, -0.05) is 6.07 Å². The van der Waals surface area contributed by atoms with Crippen LogP contribution in [-0.2, 0) is 16.0 Å². The number of rotatable bonds is 6. The van der Waals surface area contributed by atoms with Gasteiger partial charge in [0, 0.05) is 24.9 Å². The number of aromatic nitrogens is 1. The van der Waals surface area contributed by atoms with Crippen LogP contribution < -0.4 is 0 Å². The fourth-order valence-electron chi connectivity index (χ4n) is 1.89. The molecule has 1 N–H and O–H groups in total. The Morgan fingerprint density at radius 1 is 1.44 bits per heavy atom. The maximum atomic E-state index is 12.0. The number of aliphatic carboxylic acids is 1. The number of aryl methyl sites for hydroxylation is 1. The smallest absolute Gasteiger partial charge is 0.323 e. The Balaban J connectivity index is 1.87. The molecule has 96 valence electrons. The number of nitrogens with zero attached hydrogens (tertiary/aromatic N) is 2. The molecule has 1 aliphatic carbocycles. The summed E-state index contributed by atoms with van der Waals surface area (Å²) in [5, 5.41) is 8.79. The zero-order chi connectivity index (χ0) is 13.0. The van der Waals surface area contributed by atoms with Gasteiger partial charge in [0.05, 0.1) is 0 Å². The van der Waals surface area contributed by atoms with Gasteiger partial charge in [-0.3, -0.25) is 14.6 Å². The highest BCUT2D eigenvalue weighted by Gasteiger charge is 2.33. The lowest BCUT2D eigenvalue weighted by molar-refractivity contribution is -0.144. The van der Waals surface area contributed by atoms with Crippen molar-refractivity contribution in [3.05, 3.63) is 30.1 Å². The van der Waals surface area contributed by atoms with E-state index in [0.717, 1.165) is 18.4 Å². The largest absolute Gasteiger partial charge is 0.480 e. The van der Waals surface area contributed by atoms with Crippen molar-refractivity contribution in [2.75, 3.05) is 6.54 Å². The summed E-state index contributed by atoms with van der Waals surface area (Å²) in [6.45, 7) is -0.184. The SMILES string of the molecule is O=C(O)CN(C(=O)CCc1cccnc1)C1CC1. The Morgan fingerprint density at radius 3 is 2.78 bits per heavy atom. The van der Waals surface area contributed by atoms with E-state index >= 15 is 0 Å². The number of carbonyl (C=O) groups is 2. The topological polar surface area (TPSA) is 70.5 Å². The maximum absolute atomic E-state index is 12.0. The number of pyridine rings is 1. The van der Waals surface area contributed by atoms with E-state index in [-0.39, 0.29) is 18.5 Å². The average Bonchev–Trinajstić information content (AvgIpc) is 3.18. The Hall–Kier alpha value is -1.91. The number of carboxylic acids is 1. The molecule has 5 heteroatoms. The molecule has 1 amide bonds. The van der Waals surface area contributed by atoms with Crippen molar-refractivity contribution in [1.29, 1.82) is 0 Å². The zero-order valence-corrected chi connectivity index (χ0v) is 10.1. The first-order valence-electron chi connectivity index (χ1n) is 6.07. The number of carboxylic acid groups (broad SMARTS) is 1. The van der Waals surface area contributed by atoms with Gasteiger partial charge in [-0.15, -0.1) is 0 Å². The first kappa shape index (κ1) is 12.5. The predicted molar refractivity (Wildman–Crippen MR) is 64.9 cm³/mol. The van der Waals surface area contributed by atoms with Gasteiger partial charge in [-0.2, -0.15) is 0 Å². The maximum Gasteiger partial charge on any atom is 0.323 e. The average molecular weight is 248 g/mol. The van der Waals surface area contributed by atoms with E-state index in [1.54, 1.807) is 12.4 Å². The van der Waals surface area contributed by atoms with Gasteiger partial charge in [0.1, 0.15) is 6.54 Å². The van der Waals surface area contributed by atoms with Crippen LogP contribution in [0.2, 0.25) is 0 Å². The molecule has 1 heterocycles. The van der Waals surface area contributed by atoms with Crippen LogP contribution in [0.25, 0.3) is 0 Å². The summed E-state index contributed by atoms with van der Waals surface area (Å²) in [7, 11) is 0. The summed E-state index contributed by atoms with van der Waals surface area (Å²) in [6.07, 6.45) is 6.21. The van der Waals surface area contributed by atoms with Gasteiger partial charge in [-0.25, -0.2) is 0 Å².